The molecule has 0 saturated heterocycles. The molecule has 0 saturated carbocycles. The Kier molecular flexibility index (Phi) is 5.05. The minimum atomic E-state index is -0.618. The van der Waals surface area contributed by atoms with E-state index in [1.54, 1.807) is 13.8 Å². The number of carbonyl (C=O) groups excluding carboxylic acids is 1. The van der Waals surface area contributed by atoms with Crippen molar-refractivity contribution in [1.29, 1.82) is 5.26 Å². The van der Waals surface area contributed by atoms with Gasteiger partial charge in [0.2, 0.25) is 0 Å². The highest BCUT2D eigenvalue weighted by atomic mass is 35.5. The summed E-state index contributed by atoms with van der Waals surface area (Å²) in [5, 5.41) is 8.71. The van der Waals surface area contributed by atoms with Crippen LogP contribution in [0.4, 0.5) is 4.39 Å². The Morgan fingerprint density at radius 1 is 1.72 bits per heavy atom. The highest BCUT2D eigenvalue weighted by Crippen LogP contribution is 2.16. The van der Waals surface area contributed by atoms with Crippen molar-refractivity contribution >= 4 is 17.5 Å². The first kappa shape index (κ1) is 14.4. The first-order valence-corrected chi connectivity index (χ1v) is 5.87. The van der Waals surface area contributed by atoms with Crippen molar-refractivity contribution in [1.82, 2.24) is 9.88 Å². The quantitative estimate of drug-likeness (QED) is 0.789. The van der Waals surface area contributed by atoms with Gasteiger partial charge in [0.1, 0.15) is 11.0 Å². The molecule has 0 N–H and O–H groups in total. The summed E-state index contributed by atoms with van der Waals surface area (Å²) in [5.74, 6) is -1.34. The van der Waals surface area contributed by atoms with E-state index in [1.807, 2.05) is 6.07 Å². The molecule has 1 aromatic heterocycles. The van der Waals surface area contributed by atoms with Crippen molar-refractivity contribution in [2.45, 2.75) is 13.8 Å². The van der Waals surface area contributed by atoms with E-state index in [2.05, 4.69) is 4.98 Å². The third-order valence-corrected chi connectivity index (χ3v) is 2.72. The highest BCUT2D eigenvalue weighted by molar-refractivity contribution is 6.32. The molecule has 0 aliphatic rings. The molecule has 0 aliphatic carbocycles. The SMILES string of the molecule is CCN(CC(C)C#N)C(=O)c1cc(F)cnc1Cl. The van der Waals surface area contributed by atoms with Crippen molar-refractivity contribution in [3.63, 3.8) is 0 Å². The van der Waals surface area contributed by atoms with Crippen molar-refractivity contribution in [2.75, 3.05) is 13.1 Å². The third kappa shape index (κ3) is 3.41. The van der Waals surface area contributed by atoms with Crippen LogP contribution in [0.2, 0.25) is 5.15 Å². The summed E-state index contributed by atoms with van der Waals surface area (Å²) in [6.07, 6.45) is 0.952. The zero-order valence-corrected chi connectivity index (χ0v) is 10.9. The lowest BCUT2D eigenvalue weighted by Gasteiger charge is -2.22. The predicted molar refractivity (Wildman–Crippen MR) is 65.6 cm³/mol. The number of aromatic nitrogens is 1. The molecule has 96 valence electrons. The van der Waals surface area contributed by atoms with Gasteiger partial charge < -0.3 is 4.90 Å². The Morgan fingerprint density at radius 3 is 2.94 bits per heavy atom. The van der Waals surface area contributed by atoms with Crippen molar-refractivity contribution in [3.05, 3.63) is 28.8 Å². The van der Waals surface area contributed by atoms with E-state index >= 15 is 0 Å². The van der Waals surface area contributed by atoms with E-state index in [9.17, 15) is 9.18 Å². The molecule has 0 aromatic carbocycles. The largest absolute Gasteiger partial charge is 0.338 e. The minimum absolute atomic E-state index is 0.0173. The fraction of sp³-hybridized carbons (Fsp3) is 0.417. The van der Waals surface area contributed by atoms with Crippen LogP contribution in [0.1, 0.15) is 24.2 Å². The molecule has 0 fully saturated rings. The van der Waals surface area contributed by atoms with E-state index in [4.69, 9.17) is 16.9 Å². The molecular formula is C12H13ClFN3O. The first-order valence-electron chi connectivity index (χ1n) is 5.49. The van der Waals surface area contributed by atoms with Gasteiger partial charge in [0.25, 0.3) is 5.91 Å². The molecule has 1 amide bonds. The lowest BCUT2D eigenvalue weighted by Crippen LogP contribution is -2.34. The lowest BCUT2D eigenvalue weighted by atomic mass is 10.1. The van der Waals surface area contributed by atoms with Crippen LogP contribution in [-0.4, -0.2) is 28.9 Å². The van der Waals surface area contributed by atoms with Gasteiger partial charge in [-0.2, -0.15) is 5.26 Å². The van der Waals surface area contributed by atoms with Gasteiger partial charge in [-0.05, 0) is 19.9 Å². The molecule has 1 rings (SSSR count). The van der Waals surface area contributed by atoms with Gasteiger partial charge in [-0.25, -0.2) is 9.37 Å². The lowest BCUT2D eigenvalue weighted by molar-refractivity contribution is 0.0752. The van der Waals surface area contributed by atoms with Gasteiger partial charge in [0, 0.05) is 13.1 Å². The molecule has 0 spiro atoms. The second-order valence-corrected chi connectivity index (χ2v) is 4.22. The smallest absolute Gasteiger partial charge is 0.257 e. The predicted octanol–water partition coefficient (Wildman–Crippen LogP) is 2.50. The molecule has 1 unspecified atom stereocenters. The summed E-state index contributed by atoms with van der Waals surface area (Å²) in [7, 11) is 0. The van der Waals surface area contributed by atoms with Crippen LogP contribution >= 0.6 is 11.6 Å². The fourth-order valence-corrected chi connectivity index (χ4v) is 1.65. The van der Waals surface area contributed by atoms with Gasteiger partial charge in [-0.3, -0.25) is 4.79 Å². The third-order valence-electron chi connectivity index (χ3n) is 2.42. The van der Waals surface area contributed by atoms with Crippen LogP contribution in [0.3, 0.4) is 0 Å². The van der Waals surface area contributed by atoms with Crippen LogP contribution in [-0.2, 0) is 0 Å². The number of pyridine rings is 1. The number of hydrogen-bond donors (Lipinski definition) is 0. The second-order valence-electron chi connectivity index (χ2n) is 3.87. The number of nitriles is 1. The summed E-state index contributed by atoms with van der Waals surface area (Å²) >= 11 is 5.77. The summed E-state index contributed by atoms with van der Waals surface area (Å²) in [4.78, 5) is 17.2. The van der Waals surface area contributed by atoms with Crippen LogP contribution in [0.5, 0.6) is 0 Å². The van der Waals surface area contributed by atoms with E-state index in [-0.39, 0.29) is 23.2 Å². The normalized spacial score (nSPS) is 11.7. The summed E-state index contributed by atoms with van der Waals surface area (Å²) in [6.45, 7) is 4.18. The first-order chi connectivity index (χ1) is 8.49. The zero-order valence-electron chi connectivity index (χ0n) is 10.2. The van der Waals surface area contributed by atoms with Crippen LogP contribution < -0.4 is 0 Å². The second kappa shape index (κ2) is 6.31. The number of halogens is 2. The molecule has 0 radical (unpaired) electrons. The maximum absolute atomic E-state index is 13.1. The number of amides is 1. The van der Waals surface area contributed by atoms with Crippen LogP contribution in [0.15, 0.2) is 12.3 Å². The molecule has 0 bridgehead atoms. The van der Waals surface area contributed by atoms with Crippen molar-refractivity contribution < 1.29 is 9.18 Å². The topological polar surface area (TPSA) is 57.0 Å². The number of carbonyl (C=O) groups is 1. The van der Waals surface area contributed by atoms with Gasteiger partial charge in [0.15, 0.2) is 0 Å². The van der Waals surface area contributed by atoms with Gasteiger partial charge in [0.05, 0.1) is 23.7 Å². The standard InChI is InChI=1S/C12H13ClFN3O/c1-3-17(7-8(2)5-15)12(18)10-4-9(14)6-16-11(10)13/h4,6,8H,3,7H2,1-2H3. The molecule has 4 nitrogen and oxygen atoms in total. The molecule has 18 heavy (non-hydrogen) atoms. The van der Waals surface area contributed by atoms with Crippen molar-refractivity contribution in [3.8, 4) is 6.07 Å². The van der Waals surface area contributed by atoms with Gasteiger partial charge in [-0.1, -0.05) is 11.6 Å². The number of nitrogens with zero attached hydrogens (tertiary/aromatic N) is 3. The maximum atomic E-state index is 13.1. The molecule has 1 atom stereocenters. The Hall–Kier alpha value is -1.67. The summed E-state index contributed by atoms with van der Waals surface area (Å²) in [6, 6.07) is 3.10. The molecule has 0 aliphatic heterocycles. The fourth-order valence-electron chi connectivity index (χ4n) is 1.47. The van der Waals surface area contributed by atoms with Crippen LogP contribution in [0, 0.1) is 23.1 Å². The highest BCUT2D eigenvalue weighted by Gasteiger charge is 2.20. The van der Waals surface area contributed by atoms with Gasteiger partial charge in [-0.15, -0.1) is 0 Å². The summed E-state index contributed by atoms with van der Waals surface area (Å²) in [5.41, 5.74) is 0.0173. The number of rotatable bonds is 4. The molecular weight excluding hydrogens is 257 g/mol. The van der Waals surface area contributed by atoms with E-state index < -0.39 is 11.7 Å². The average molecular weight is 270 g/mol. The Bertz CT molecular complexity index is 487. The Labute approximate surface area is 110 Å². The van der Waals surface area contributed by atoms with E-state index in [0.717, 1.165) is 12.3 Å². The van der Waals surface area contributed by atoms with E-state index in [1.165, 1.54) is 4.90 Å². The molecule has 1 aromatic rings. The van der Waals surface area contributed by atoms with Gasteiger partial charge >= 0.3 is 0 Å². The molecule has 1 heterocycles. The van der Waals surface area contributed by atoms with Crippen LogP contribution in [0.25, 0.3) is 0 Å². The minimum Gasteiger partial charge on any atom is -0.338 e. The molecule has 6 heteroatoms. The maximum Gasteiger partial charge on any atom is 0.257 e. The Morgan fingerprint density at radius 2 is 2.39 bits per heavy atom. The van der Waals surface area contributed by atoms with E-state index in [0.29, 0.717) is 6.54 Å². The number of hydrogen-bond acceptors (Lipinski definition) is 3. The Balaban J connectivity index is 2.97. The van der Waals surface area contributed by atoms with Crippen molar-refractivity contribution in [2.24, 2.45) is 5.92 Å². The monoisotopic (exact) mass is 269 g/mol. The average Bonchev–Trinajstić information content (AvgIpc) is 2.37. The summed E-state index contributed by atoms with van der Waals surface area (Å²) < 4.78 is 13.1. The zero-order chi connectivity index (χ0) is 13.7.